The van der Waals surface area contributed by atoms with E-state index in [1.807, 2.05) is 6.07 Å². The van der Waals surface area contributed by atoms with Gasteiger partial charge in [0.2, 0.25) is 0 Å². The van der Waals surface area contributed by atoms with E-state index in [9.17, 15) is 4.79 Å². The van der Waals surface area contributed by atoms with Crippen molar-refractivity contribution in [2.75, 3.05) is 20.3 Å². The molecule has 0 radical (unpaired) electrons. The van der Waals surface area contributed by atoms with Gasteiger partial charge >= 0.3 is 0 Å². The van der Waals surface area contributed by atoms with Gasteiger partial charge in [0.05, 0.1) is 12.2 Å². The lowest BCUT2D eigenvalue weighted by Gasteiger charge is -2.21. The lowest BCUT2D eigenvalue weighted by atomic mass is 10.2. The lowest BCUT2D eigenvalue weighted by molar-refractivity contribution is 0.0674. The molecule has 1 aliphatic carbocycles. The second-order valence-electron chi connectivity index (χ2n) is 4.27. The number of carbonyl (C=O) groups excluding carboxylic acids is 1. The maximum atomic E-state index is 12.3. The van der Waals surface area contributed by atoms with Gasteiger partial charge in [-0.2, -0.15) is 5.26 Å². The van der Waals surface area contributed by atoms with E-state index in [-0.39, 0.29) is 5.91 Å². The minimum absolute atomic E-state index is 0.0842. The first-order valence-electron chi connectivity index (χ1n) is 5.92. The molecule has 0 unspecified atom stereocenters. The number of ether oxygens (including phenoxy) is 1. The molecule has 1 heterocycles. The molecule has 0 aliphatic heterocycles. The molecule has 0 spiro atoms. The van der Waals surface area contributed by atoms with Crippen LogP contribution in [0.2, 0.25) is 0 Å². The van der Waals surface area contributed by atoms with Crippen molar-refractivity contribution in [3.05, 3.63) is 29.6 Å². The summed E-state index contributed by atoms with van der Waals surface area (Å²) in [5.41, 5.74) is 0.846. The number of aromatic nitrogens is 1. The van der Waals surface area contributed by atoms with E-state index in [2.05, 4.69) is 4.98 Å². The van der Waals surface area contributed by atoms with Gasteiger partial charge in [-0.3, -0.25) is 4.79 Å². The van der Waals surface area contributed by atoms with Crippen molar-refractivity contribution in [3.8, 4) is 6.07 Å². The summed E-state index contributed by atoms with van der Waals surface area (Å²) in [6, 6.07) is 5.52. The predicted molar refractivity (Wildman–Crippen MR) is 64.9 cm³/mol. The summed E-state index contributed by atoms with van der Waals surface area (Å²) in [6.45, 7) is 1.11. The second-order valence-corrected chi connectivity index (χ2v) is 4.27. The topological polar surface area (TPSA) is 66.2 Å². The van der Waals surface area contributed by atoms with E-state index in [1.54, 1.807) is 24.1 Å². The molecule has 5 heteroatoms. The SMILES string of the molecule is COCCN(C(=O)c1ccc(C#N)cn1)C1CC1. The first-order chi connectivity index (χ1) is 8.76. The molecular formula is C13H15N3O2. The van der Waals surface area contributed by atoms with Crippen LogP contribution in [0.4, 0.5) is 0 Å². The molecule has 5 nitrogen and oxygen atoms in total. The highest BCUT2D eigenvalue weighted by Gasteiger charge is 2.33. The third kappa shape index (κ3) is 2.84. The monoisotopic (exact) mass is 245 g/mol. The van der Waals surface area contributed by atoms with Gasteiger partial charge in [-0.25, -0.2) is 4.98 Å². The number of rotatable bonds is 5. The van der Waals surface area contributed by atoms with Gasteiger partial charge in [0.1, 0.15) is 11.8 Å². The first-order valence-corrected chi connectivity index (χ1v) is 5.92. The molecule has 0 aromatic carbocycles. The Morgan fingerprint density at radius 2 is 2.39 bits per heavy atom. The molecule has 2 rings (SSSR count). The Labute approximate surface area is 106 Å². The van der Waals surface area contributed by atoms with Crippen molar-refractivity contribution in [1.29, 1.82) is 5.26 Å². The van der Waals surface area contributed by atoms with E-state index in [0.29, 0.717) is 30.5 Å². The Morgan fingerprint density at radius 3 is 2.89 bits per heavy atom. The largest absolute Gasteiger partial charge is 0.383 e. The van der Waals surface area contributed by atoms with Crippen LogP contribution in [0, 0.1) is 11.3 Å². The highest BCUT2D eigenvalue weighted by molar-refractivity contribution is 5.92. The maximum absolute atomic E-state index is 12.3. The molecule has 0 bridgehead atoms. The van der Waals surface area contributed by atoms with Crippen molar-refractivity contribution in [2.24, 2.45) is 0 Å². The van der Waals surface area contributed by atoms with Crippen molar-refractivity contribution in [1.82, 2.24) is 9.88 Å². The molecule has 1 amide bonds. The van der Waals surface area contributed by atoms with Gasteiger partial charge in [0, 0.05) is 25.9 Å². The van der Waals surface area contributed by atoms with Crippen molar-refractivity contribution in [3.63, 3.8) is 0 Å². The molecule has 94 valence electrons. The quantitative estimate of drug-likeness (QED) is 0.782. The van der Waals surface area contributed by atoms with Gasteiger partial charge in [-0.1, -0.05) is 0 Å². The van der Waals surface area contributed by atoms with Crippen LogP contribution in [0.15, 0.2) is 18.3 Å². The Balaban J connectivity index is 2.09. The van der Waals surface area contributed by atoms with Crippen LogP contribution in [0.3, 0.4) is 0 Å². The van der Waals surface area contributed by atoms with E-state index in [4.69, 9.17) is 10.00 Å². The lowest BCUT2D eigenvalue weighted by Crippen LogP contribution is -2.36. The summed E-state index contributed by atoms with van der Waals surface area (Å²) < 4.78 is 5.02. The predicted octanol–water partition coefficient (Wildman–Crippen LogP) is 1.20. The van der Waals surface area contributed by atoms with Crippen molar-refractivity contribution in [2.45, 2.75) is 18.9 Å². The van der Waals surface area contributed by atoms with Crippen LogP contribution >= 0.6 is 0 Å². The van der Waals surface area contributed by atoms with Crippen molar-refractivity contribution >= 4 is 5.91 Å². The number of methoxy groups -OCH3 is 1. The fourth-order valence-corrected chi connectivity index (χ4v) is 1.76. The fourth-order valence-electron chi connectivity index (χ4n) is 1.76. The molecule has 0 saturated heterocycles. The summed E-state index contributed by atoms with van der Waals surface area (Å²) >= 11 is 0. The summed E-state index contributed by atoms with van der Waals surface area (Å²) in [5.74, 6) is -0.0842. The third-order valence-electron chi connectivity index (χ3n) is 2.90. The van der Waals surface area contributed by atoms with Gasteiger partial charge in [-0.15, -0.1) is 0 Å². The van der Waals surface area contributed by atoms with E-state index in [1.165, 1.54) is 6.20 Å². The Kier molecular flexibility index (Phi) is 3.90. The van der Waals surface area contributed by atoms with Gasteiger partial charge in [0.25, 0.3) is 5.91 Å². The summed E-state index contributed by atoms with van der Waals surface area (Å²) in [5, 5.41) is 8.69. The highest BCUT2D eigenvalue weighted by Crippen LogP contribution is 2.27. The number of nitriles is 1. The average Bonchev–Trinajstić information content (AvgIpc) is 3.24. The van der Waals surface area contributed by atoms with Gasteiger partial charge in [0.15, 0.2) is 0 Å². The number of hydrogen-bond acceptors (Lipinski definition) is 4. The van der Waals surface area contributed by atoms with Gasteiger partial charge < -0.3 is 9.64 Å². The number of pyridine rings is 1. The Bertz CT molecular complexity index is 460. The zero-order chi connectivity index (χ0) is 13.0. The first kappa shape index (κ1) is 12.5. The van der Waals surface area contributed by atoms with Crippen LogP contribution < -0.4 is 0 Å². The summed E-state index contributed by atoms with van der Waals surface area (Å²) in [6.07, 6.45) is 3.52. The Morgan fingerprint density at radius 1 is 1.61 bits per heavy atom. The van der Waals surface area contributed by atoms with Crippen LogP contribution in [0.5, 0.6) is 0 Å². The molecule has 1 aromatic heterocycles. The zero-order valence-corrected chi connectivity index (χ0v) is 10.3. The smallest absolute Gasteiger partial charge is 0.272 e. The molecule has 1 aromatic rings. The molecule has 1 fully saturated rings. The third-order valence-corrected chi connectivity index (χ3v) is 2.90. The van der Waals surface area contributed by atoms with Crippen LogP contribution in [-0.4, -0.2) is 42.1 Å². The highest BCUT2D eigenvalue weighted by atomic mass is 16.5. The van der Waals surface area contributed by atoms with Crippen LogP contribution in [0.25, 0.3) is 0 Å². The average molecular weight is 245 g/mol. The van der Waals surface area contributed by atoms with Crippen LogP contribution in [0.1, 0.15) is 28.9 Å². The maximum Gasteiger partial charge on any atom is 0.272 e. The summed E-state index contributed by atoms with van der Waals surface area (Å²) in [7, 11) is 1.62. The van der Waals surface area contributed by atoms with E-state index >= 15 is 0 Å². The molecule has 18 heavy (non-hydrogen) atoms. The number of nitrogens with zero attached hydrogens (tertiary/aromatic N) is 3. The molecular weight excluding hydrogens is 230 g/mol. The molecule has 0 atom stereocenters. The normalized spacial score (nSPS) is 14.0. The number of amides is 1. The fraction of sp³-hybridized carbons (Fsp3) is 0.462. The Hall–Kier alpha value is -1.93. The van der Waals surface area contributed by atoms with Crippen LogP contribution in [-0.2, 0) is 4.74 Å². The standard InChI is InChI=1S/C13H15N3O2/c1-18-7-6-16(11-3-4-11)13(17)12-5-2-10(8-14)9-15-12/h2,5,9,11H,3-4,6-7H2,1H3. The van der Waals surface area contributed by atoms with Gasteiger partial charge in [-0.05, 0) is 25.0 Å². The van der Waals surface area contributed by atoms with E-state index in [0.717, 1.165) is 12.8 Å². The van der Waals surface area contributed by atoms with Crippen molar-refractivity contribution < 1.29 is 9.53 Å². The minimum Gasteiger partial charge on any atom is -0.383 e. The summed E-state index contributed by atoms with van der Waals surface area (Å²) in [4.78, 5) is 18.1. The van der Waals surface area contributed by atoms with E-state index < -0.39 is 0 Å². The minimum atomic E-state index is -0.0842. The number of carbonyl (C=O) groups is 1. The second kappa shape index (κ2) is 5.61. The zero-order valence-electron chi connectivity index (χ0n) is 10.3. The molecule has 1 aliphatic rings. The molecule has 0 N–H and O–H groups in total. The molecule has 1 saturated carbocycles. The number of hydrogen-bond donors (Lipinski definition) is 0.